The number of hydrogen-bond donors (Lipinski definition) is 1. The van der Waals surface area contributed by atoms with Gasteiger partial charge in [0.05, 0.1) is 4.92 Å². The minimum Gasteiger partial charge on any atom is -0.379 e. The summed E-state index contributed by atoms with van der Waals surface area (Å²) in [6.45, 7) is 2.17. The summed E-state index contributed by atoms with van der Waals surface area (Å²) in [6.07, 6.45) is 0.361. The lowest BCUT2D eigenvalue weighted by atomic mass is 10.1. The van der Waals surface area contributed by atoms with Gasteiger partial charge in [0, 0.05) is 18.7 Å². The molecule has 0 fully saturated rings. The molecule has 110 valence electrons. The Hall–Kier alpha value is -2.50. The van der Waals surface area contributed by atoms with Gasteiger partial charge >= 0.3 is 0 Å². The first-order valence-electron chi connectivity index (χ1n) is 6.39. The molecule has 0 saturated heterocycles. The van der Waals surface area contributed by atoms with Gasteiger partial charge in [0.1, 0.15) is 17.3 Å². The number of anilines is 1. The van der Waals surface area contributed by atoms with Crippen LogP contribution in [0.4, 0.5) is 20.2 Å². The Morgan fingerprint density at radius 1 is 1.14 bits per heavy atom. The lowest BCUT2D eigenvalue weighted by Crippen LogP contribution is -2.07. The maximum absolute atomic E-state index is 13.1. The molecular weight excluding hydrogens is 278 g/mol. The van der Waals surface area contributed by atoms with Gasteiger partial charge in [0.15, 0.2) is 0 Å². The first kappa shape index (κ1) is 14.9. The Bertz CT molecular complexity index is 654. The number of nitrogens with zero attached hydrogens (tertiary/aromatic N) is 1. The van der Waals surface area contributed by atoms with Crippen molar-refractivity contribution in [2.75, 3.05) is 11.9 Å². The van der Waals surface area contributed by atoms with Crippen molar-refractivity contribution in [3.05, 3.63) is 69.3 Å². The fraction of sp³-hybridized carbons (Fsp3) is 0.200. The van der Waals surface area contributed by atoms with Crippen LogP contribution in [0.3, 0.4) is 0 Å². The molecule has 0 saturated carbocycles. The van der Waals surface area contributed by atoms with Gasteiger partial charge < -0.3 is 5.32 Å². The molecule has 0 amide bonds. The number of aryl methyl sites for hydroxylation is 1. The fourth-order valence-electron chi connectivity index (χ4n) is 2.05. The quantitative estimate of drug-likeness (QED) is 0.673. The average Bonchev–Trinajstić information content (AvgIpc) is 2.37. The van der Waals surface area contributed by atoms with E-state index in [2.05, 4.69) is 5.32 Å². The molecule has 0 unspecified atom stereocenters. The lowest BCUT2D eigenvalue weighted by molar-refractivity contribution is -0.384. The van der Waals surface area contributed by atoms with Crippen LogP contribution in [-0.4, -0.2) is 11.5 Å². The van der Waals surface area contributed by atoms with Crippen LogP contribution < -0.4 is 5.32 Å². The summed E-state index contributed by atoms with van der Waals surface area (Å²) in [4.78, 5) is 10.5. The summed E-state index contributed by atoms with van der Waals surface area (Å²) in [6, 6.07) is 8.06. The maximum Gasteiger partial charge on any atom is 0.292 e. The monoisotopic (exact) mass is 292 g/mol. The molecule has 0 aromatic heterocycles. The molecule has 0 aliphatic rings. The van der Waals surface area contributed by atoms with E-state index >= 15 is 0 Å². The van der Waals surface area contributed by atoms with Gasteiger partial charge in [0.2, 0.25) is 0 Å². The normalized spacial score (nSPS) is 10.4. The zero-order valence-corrected chi connectivity index (χ0v) is 11.4. The summed E-state index contributed by atoms with van der Waals surface area (Å²) >= 11 is 0. The van der Waals surface area contributed by atoms with Gasteiger partial charge in [0.25, 0.3) is 5.69 Å². The molecule has 0 heterocycles. The second-order valence-electron chi connectivity index (χ2n) is 4.73. The third kappa shape index (κ3) is 3.98. The van der Waals surface area contributed by atoms with E-state index in [-0.39, 0.29) is 5.69 Å². The van der Waals surface area contributed by atoms with Gasteiger partial charge in [-0.2, -0.15) is 0 Å². The number of rotatable bonds is 5. The summed E-state index contributed by atoms with van der Waals surface area (Å²) in [5.74, 6) is -1.27. The fourth-order valence-corrected chi connectivity index (χ4v) is 2.05. The number of nitro groups is 1. The lowest BCUT2D eigenvalue weighted by Gasteiger charge is -2.08. The highest BCUT2D eigenvalue weighted by atomic mass is 19.1. The Morgan fingerprint density at radius 2 is 1.81 bits per heavy atom. The van der Waals surface area contributed by atoms with E-state index in [0.29, 0.717) is 24.2 Å². The smallest absolute Gasteiger partial charge is 0.292 e. The Kier molecular flexibility index (Phi) is 4.47. The molecule has 0 atom stereocenters. The molecule has 2 aromatic rings. The van der Waals surface area contributed by atoms with E-state index in [9.17, 15) is 18.9 Å². The summed E-state index contributed by atoms with van der Waals surface area (Å²) < 4.78 is 26.1. The summed E-state index contributed by atoms with van der Waals surface area (Å²) in [5.41, 5.74) is 1.76. The molecule has 21 heavy (non-hydrogen) atoms. The van der Waals surface area contributed by atoms with Gasteiger partial charge in [-0.05, 0) is 42.7 Å². The number of nitrogens with one attached hydrogen (secondary N) is 1. The largest absolute Gasteiger partial charge is 0.379 e. The van der Waals surface area contributed by atoms with E-state index < -0.39 is 16.6 Å². The van der Waals surface area contributed by atoms with Crippen LogP contribution in [0.5, 0.6) is 0 Å². The van der Waals surface area contributed by atoms with Crippen LogP contribution in [0.25, 0.3) is 0 Å². The van der Waals surface area contributed by atoms with Crippen molar-refractivity contribution >= 4 is 11.4 Å². The molecule has 2 aromatic carbocycles. The number of halogens is 2. The highest BCUT2D eigenvalue weighted by molar-refractivity contribution is 5.62. The van der Waals surface area contributed by atoms with E-state index in [1.165, 1.54) is 18.2 Å². The van der Waals surface area contributed by atoms with Crippen molar-refractivity contribution in [3.8, 4) is 0 Å². The first-order valence-corrected chi connectivity index (χ1v) is 6.39. The number of benzene rings is 2. The second-order valence-corrected chi connectivity index (χ2v) is 4.73. The molecule has 0 aliphatic carbocycles. The Balaban J connectivity index is 2.06. The van der Waals surface area contributed by atoms with E-state index in [1.807, 2.05) is 6.92 Å². The Morgan fingerprint density at radius 3 is 2.43 bits per heavy atom. The molecule has 0 radical (unpaired) electrons. The van der Waals surface area contributed by atoms with Crippen molar-refractivity contribution in [1.29, 1.82) is 0 Å². The van der Waals surface area contributed by atoms with Gasteiger partial charge in [-0.1, -0.05) is 6.07 Å². The molecule has 0 bridgehead atoms. The van der Waals surface area contributed by atoms with Crippen LogP contribution in [0, 0.1) is 28.7 Å². The molecule has 1 N–H and O–H groups in total. The summed E-state index contributed by atoms with van der Waals surface area (Å²) in [7, 11) is 0. The molecule has 0 spiro atoms. The number of nitro benzene ring substituents is 1. The van der Waals surface area contributed by atoms with Crippen molar-refractivity contribution in [2.24, 2.45) is 0 Å². The van der Waals surface area contributed by atoms with Gasteiger partial charge in [-0.3, -0.25) is 10.1 Å². The highest BCUT2D eigenvalue weighted by Gasteiger charge is 2.12. The predicted octanol–water partition coefficient (Wildman–Crippen LogP) is 3.84. The first-order chi connectivity index (χ1) is 9.95. The van der Waals surface area contributed by atoms with E-state index in [1.54, 1.807) is 12.1 Å². The minimum absolute atomic E-state index is 0.0222. The van der Waals surface area contributed by atoms with E-state index in [0.717, 1.165) is 11.6 Å². The van der Waals surface area contributed by atoms with Crippen LogP contribution in [0.2, 0.25) is 0 Å². The molecule has 4 nitrogen and oxygen atoms in total. The van der Waals surface area contributed by atoms with Crippen LogP contribution in [-0.2, 0) is 6.42 Å². The maximum atomic E-state index is 13.1. The van der Waals surface area contributed by atoms with Crippen LogP contribution in [0.15, 0.2) is 36.4 Å². The standard InChI is InChI=1S/C15H14F2N2O2/c1-10-2-3-15(19(20)21)14(6-10)18-5-4-11-7-12(16)9-13(17)8-11/h2-3,6-9,18H,4-5H2,1H3. The molecule has 6 heteroatoms. The zero-order valence-electron chi connectivity index (χ0n) is 11.4. The van der Waals surface area contributed by atoms with Gasteiger partial charge in [-0.25, -0.2) is 8.78 Å². The molecular formula is C15H14F2N2O2. The summed E-state index contributed by atoms with van der Waals surface area (Å²) in [5, 5.41) is 13.9. The number of hydrogen-bond acceptors (Lipinski definition) is 3. The molecule has 2 rings (SSSR count). The van der Waals surface area contributed by atoms with Crippen molar-refractivity contribution < 1.29 is 13.7 Å². The van der Waals surface area contributed by atoms with Crippen molar-refractivity contribution in [3.63, 3.8) is 0 Å². The average molecular weight is 292 g/mol. The predicted molar refractivity (Wildman–Crippen MR) is 76.4 cm³/mol. The molecule has 0 aliphatic heterocycles. The topological polar surface area (TPSA) is 55.2 Å². The zero-order chi connectivity index (χ0) is 15.4. The van der Waals surface area contributed by atoms with Crippen molar-refractivity contribution in [1.82, 2.24) is 0 Å². The van der Waals surface area contributed by atoms with Crippen LogP contribution >= 0.6 is 0 Å². The second kappa shape index (κ2) is 6.30. The third-order valence-corrected chi connectivity index (χ3v) is 3.00. The SMILES string of the molecule is Cc1ccc([N+](=O)[O-])c(NCCc2cc(F)cc(F)c2)c1. The third-order valence-electron chi connectivity index (χ3n) is 3.00. The van der Waals surface area contributed by atoms with E-state index in [4.69, 9.17) is 0 Å². The Labute approximate surface area is 120 Å². The highest BCUT2D eigenvalue weighted by Crippen LogP contribution is 2.25. The van der Waals surface area contributed by atoms with Crippen molar-refractivity contribution in [2.45, 2.75) is 13.3 Å². The minimum atomic E-state index is -0.633. The van der Waals surface area contributed by atoms with Crippen LogP contribution in [0.1, 0.15) is 11.1 Å². The van der Waals surface area contributed by atoms with Gasteiger partial charge in [-0.15, -0.1) is 0 Å².